The highest BCUT2D eigenvalue weighted by molar-refractivity contribution is 7.91. The molecule has 1 atom stereocenters. The summed E-state index contributed by atoms with van der Waals surface area (Å²) in [6.07, 6.45) is 2.99. The van der Waals surface area contributed by atoms with Gasteiger partial charge in [0, 0.05) is 19.6 Å². The number of carbonyl (C=O) groups is 1. The number of hydrogen-bond donors (Lipinski definition) is 2. The van der Waals surface area contributed by atoms with Crippen LogP contribution in [0.1, 0.15) is 19.8 Å². The van der Waals surface area contributed by atoms with Crippen LogP contribution in [0.4, 0.5) is 5.13 Å². The predicted molar refractivity (Wildman–Crippen MR) is 77.1 cm³/mol. The molecule has 2 heterocycles. The van der Waals surface area contributed by atoms with Gasteiger partial charge < -0.3 is 10.2 Å². The molecule has 0 radical (unpaired) electrons. The maximum absolute atomic E-state index is 11.9. The number of hydrogen-bond acceptors (Lipinski definition) is 6. The molecule has 1 saturated heterocycles. The molecule has 1 fully saturated rings. The van der Waals surface area contributed by atoms with Crippen molar-refractivity contribution >= 4 is 32.4 Å². The second-order valence-electron chi connectivity index (χ2n) is 4.69. The van der Waals surface area contributed by atoms with Gasteiger partial charge in [0.05, 0.1) is 12.1 Å². The molecule has 1 aromatic heterocycles. The SMILES string of the molecule is CCNC(=O)C1CCCN(c2ncc(S(N)(=O)=O)s2)C1. The third-order valence-corrected chi connectivity index (χ3v) is 5.63. The monoisotopic (exact) mass is 318 g/mol. The summed E-state index contributed by atoms with van der Waals surface area (Å²) < 4.78 is 22.6. The van der Waals surface area contributed by atoms with Crippen LogP contribution in [0.2, 0.25) is 0 Å². The molecule has 0 bridgehead atoms. The van der Waals surface area contributed by atoms with Crippen molar-refractivity contribution in [2.45, 2.75) is 24.0 Å². The lowest BCUT2D eigenvalue weighted by Gasteiger charge is -2.31. The topological polar surface area (TPSA) is 105 Å². The molecule has 112 valence electrons. The standard InChI is InChI=1S/C11H18N4O3S2/c1-2-13-10(16)8-4-3-5-15(7-8)11-14-6-9(19-11)20(12,17)18/h6,8H,2-5,7H2,1H3,(H,13,16)(H2,12,17,18). The molecular formula is C11H18N4O3S2. The van der Waals surface area contributed by atoms with E-state index in [0.29, 0.717) is 18.2 Å². The zero-order chi connectivity index (χ0) is 14.8. The van der Waals surface area contributed by atoms with E-state index >= 15 is 0 Å². The van der Waals surface area contributed by atoms with E-state index in [1.807, 2.05) is 11.8 Å². The quantitative estimate of drug-likeness (QED) is 0.821. The Balaban J connectivity index is 2.09. The number of carbonyl (C=O) groups excluding carboxylic acids is 1. The average molecular weight is 318 g/mol. The van der Waals surface area contributed by atoms with E-state index in [1.165, 1.54) is 6.20 Å². The highest BCUT2D eigenvalue weighted by Crippen LogP contribution is 2.29. The number of nitrogens with two attached hydrogens (primary N) is 1. The molecule has 1 amide bonds. The molecule has 1 aromatic rings. The molecule has 0 saturated carbocycles. The number of nitrogens with one attached hydrogen (secondary N) is 1. The number of thiazole rings is 1. The van der Waals surface area contributed by atoms with E-state index in [2.05, 4.69) is 10.3 Å². The summed E-state index contributed by atoms with van der Waals surface area (Å²) in [5, 5.41) is 8.49. The molecule has 20 heavy (non-hydrogen) atoms. The minimum Gasteiger partial charge on any atom is -0.356 e. The maximum atomic E-state index is 11.9. The minimum atomic E-state index is -3.71. The van der Waals surface area contributed by atoms with Gasteiger partial charge >= 0.3 is 0 Å². The van der Waals surface area contributed by atoms with Gasteiger partial charge in [0.25, 0.3) is 0 Å². The van der Waals surface area contributed by atoms with E-state index in [-0.39, 0.29) is 16.0 Å². The fourth-order valence-electron chi connectivity index (χ4n) is 2.21. The molecule has 1 aliphatic heterocycles. The Hall–Kier alpha value is -1.19. The lowest BCUT2D eigenvalue weighted by atomic mass is 9.97. The normalized spacial score (nSPS) is 19.9. The smallest absolute Gasteiger partial charge is 0.249 e. The molecule has 0 aromatic carbocycles. The molecule has 7 nitrogen and oxygen atoms in total. The van der Waals surface area contributed by atoms with Crippen molar-refractivity contribution in [3.05, 3.63) is 6.20 Å². The molecular weight excluding hydrogens is 300 g/mol. The van der Waals surface area contributed by atoms with Crippen LogP contribution < -0.4 is 15.4 Å². The van der Waals surface area contributed by atoms with Crippen molar-refractivity contribution in [1.82, 2.24) is 10.3 Å². The Kier molecular flexibility index (Phi) is 4.61. The number of piperidine rings is 1. The van der Waals surface area contributed by atoms with Crippen LogP contribution in [0, 0.1) is 5.92 Å². The summed E-state index contributed by atoms with van der Waals surface area (Å²) in [4.78, 5) is 17.9. The highest BCUT2D eigenvalue weighted by atomic mass is 32.2. The first kappa shape index (κ1) is 15.2. The Morgan fingerprint density at radius 3 is 3.00 bits per heavy atom. The Morgan fingerprint density at radius 2 is 2.40 bits per heavy atom. The van der Waals surface area contributed by atoms with Crippen molar-refractivity contribution in [3.8, 4) is 0 Å². The Labute approximate surface area is 122 Å². The summed E-state index contributed by atoms with van der Waals surface area (Å²) in [7, 11) is -3.71. The lowest BCUT2D eigenvalue weighted by molar-refractivity contribution is -0.125. The lowest BCUT2D eigenvalue weighted by Crippen LogP contribution is -2.43. The van der Waals surface area contributed by atoms with Crippen molar-refractivity contribution in [1.29, 1.82) is 0 Å². The fourth-order valence-corrected chi connectivity index (χ4v) is 3.79. The summed E-state index contributed by atoms with van der Waals surface area (Å²) >= 11 is 1.04. The summed E-state index contributed by atoms with van der Waals surface area (Å²) in [6, 6.07) is 0. The van der Waals surface area contributed by atoms with Gasteiger partial charge in [-0.15, -0.1) is 0 Å². The predicted octanol–water partition coefficient (Wildman–Crippen LogP) is 0.143. The summed E-state index contributed by atoms with van der Waals surface area (Å²) in [6.45, 7) is 3.83. The van der Waals surface area contributed by atoms with Crippen LogP contribution in [0.15, 0.2) is 10.4 Å². The molecule has 3 N–H and O–H groups in total. The van der Waals surface area contributed by atoms with Crippen molar-refractivity contribution in [3.63, 3.8) is 0 Å². The number of nitrogens with zero attached hydrogens (tertiary/aromatic N) is 2. The van der Waals surface area contributed by atoms with Crippen LogP contribution in [0.3, 0.4) is 0 Å². The first-order valence-electron chi connectivity index (χ1n) is 6.43. The molecule has 0 spiro atoms. The van der Waals surface area contributed by atoms with Gasteiger partial charge in [-0.1, -0.05) is 11.3 Å². The van der Waals surface area contributed by atoms with Crippen molar-refractivity contribution < 1.29 is 13.2 Å². The summed E-state index contributed by atoms with van der Waals surface area (Å²) in [5.41, 5.74) is 0. The van der Waals surface area contributed by atoms with Crippen molar-refractivity contribution in [2.24, 2.45) is 11.1 Å². The second kappa shape index (κ2) is 6.06. The van der Waals surface area contributed by atoms with Crippen LogP contribution in [-0.2, 0) is 14.8 Å². The van der Waals surface area contributed by atoms with Crippen molar-refractivity contribution in [2.75, 3.05) is 24.5 Å². The second-order valence-corrected chi connectivity index (χ2v) is 7.48. The first-order chi connectivity index (χ1) is 9.41. The van der Waals surface area contributed by atoms with Gasteiger partial charge in [0.1, 0.15) is 0 Å². The zero-order valence-electron chi connectivity index (χ0n) is 11.2. The van der Waals surface area contributed by atoms with E-state index in [0.717, 1.165) is 30.7 Å². The van der Waals surface area contributed by atoms with Gasteiger partial charge in [-0.25, -0.2) is 18.5 Å². The van der Waals surface area contributed by atoms with Crippen LogP contribution in [0.5, 0.6) is 0 Å². The molecule has 1 aliphatic rings. The summed E-state index contributed by atoms with van der Waals surface area (Å²) in [5.74, 6) is -0.0361. The van der Waals surface area contributed by atoms with Gasteiger partial charge in [-0.2, -0.15) is 0 Å². The number of primary sulfonamides is 1. The number of anilines is 1. The molecule has 0 aliphatic carbocycles. The minimum absolute atomic E-state index is 0.0421. The first-order valence-corrected chi connectivity index (χ1v) is 8.79. The molecule has 2 rings (SSSR count). The van der Waals surface area contributed by atoms with E-state index in [4.69, 9.17) is 5.14 Å². The zero-order valence-corrected chi connectivity index (χ0v) is 12.8. The van der Waals surface area contributed by atoms with E-state index in [1.54, 1.807) is 0 Å². The highest BCUT2D eigenvalue weighted by Gasteiger charge is 2.27. The number of amides is 1. The average Bonchev–Trinajstić information content (AvgIpc) is 2.89. The largest absolute Gasteiger partial charge is 0.356 e. The van der Waals surface area contributed by atoms with E-state index in [9.17, 15) is 13.2 Å². The van der Waals surface area contributed by atoms with E-state index < -0.39 is 10.0 Å². The van der Waals surface area contributed by atoms with Crippen LogP contribution >= 0.6 is 11.3 Å². The number of sulfonamides is 1. The third kappa shape index (κ3) is 3.47. The number of aromatic nitrogens is 1. The fraction of sp³-hybridized carbons (Fsp3) is 0.636. The van der Waals surface area contributed by atoms with Gasteiger partial charge in [-0.3, -0.25) is 4.79 Å². The Bertz CT molecular complexity index is 584. The molecule has 9 heteroatoms. The maximum Gasteiger partial charge on any atom is 0.249 e. The van der Waals surface area contributed by atoms with Crippen LogP contribution in [-0.4, -0.2) is 38.9 Å². The van der Waals surface area contributed by atoms with Gasteiger partial charge in [0.15, 0.2) is 9.34 Å². The number of rotatable bonds is 4. The third-order valence-electron chi connectivity index (χ3n) is 3.17. The van der Waals surface area contributed by atoms with Gasteiger partial charge in [0.2, 0.25) is 15.9 Å². The Morgan fingerprint density at radius 1 is 1.65 bits per heavy atom. The van der Waals surface area contributed by atoms with Crippen LogP contribution in [0.25, 0.3) is 0 Å². The van der Waals surface area contributed by atoms with Gasteiger partial charge in [-0.05, 0) is 19.8 Å². The molecule has 1 unspecified atom stereocenters.